The van der Waals surface area contributed by atoms with Crippen molar-refractivity contribution >= 4 is 11.7 Å². The third kappa shape index (κ3) is 5.39. The molecule has 0 aliphatic carbocycles. The van der Waals surface area contributed by atoms with Crippen LogP contribution in [-0.2, 0) is 0 Å². The Bertz CT molecular complexity index is 701. The molecular formula is C19H24N2O4. The lowest BCUT2D eigenvalue weighted by Gasteiger charge is -2.15. The van der Waals surface area contributed by atoms with Crippen LogP contribution in [0.25, 0.3) is 0 Å². The Labute approximate surface area is 147 Å². The maximum Gasteiger partial charge on any atom is 0.319 e. The van der Waals surface area contributed by atoms with Crippen molar-refractivity contribution in [2.45, 2.75) is 20.0 Å². The first-order valence-electron chi connectivity index (χ1n) is 8.13. The minimum absolute atomic E-state index is 0.0913. The van der Waals surface area contributed by atoms with E-state index in [1.807, 2.05) is 26.0 Å². The zero-order chi connectivity index (χ0) is 18.2. The van der Waals surface area contributed by atoms with E-state index in [4.69, 9.17) is 9.47 Å². The van der Waals surface area contributed by atoms with Gasteiger partial charge in [0, 0.05) is 6.54 Å². The van der Waals surface area contributed by atoms with E-state index in [-0.39, 0.29) is 6.54 Å². The van der Waals surface area contributed by atoms with Crippen molar-refractivity contribution < 1.29 is 19.4 Å². The van der Waals surface area contributed by atoms with Gasteiger partial charge in [0.05, 0.1) is 25.5 Å². The van der Waals surface area contributed by atoms with Gasteiger partial charge in [-0.15, -0.1) is 0 Å². The number of anilines is 1. The molecule has 2 amide bonds. The lowest BCUT2D eigenvalue weighted by Crippen LogP contribution is -2.32. The van der Waals surface area contributed by atoms with Crippen molar-refractivity contribution in [2.24, 2.45) is 0 Å². The fourth-order valence-corrected chi connectivity index (χ4v) is 2.31. The van der Waals surface area contributed by atoms with Crippen LogP contribution in [0.15, 0.2) is 42.5 Å². The van der Waals surface area contributed by atoms with Crippen molar-refractivity contribution in [3.8, 4) is 11.5 Å². The number of urea groups is 1. The van der Waals surface area contributed by atoms with Crippen LogP contribution in [0, 0.1) is 6.92 Å². The summed E-state index contributed by atoms with van der Waals surface area (Å²) >= 11 is 0. The third-order valence-electron chi connectivity index (χ3n) is 3.64. The highest BCUT2D eigenvalue weighted by Crippen LogP contribution is 2.25. The number of aliphatic hydroxyl groups excluding tert-OH is 1. The van der Waals surface area contributed by atoms with E-state index >= 15 is 0 Å². The molecule has 1 atom stereocenters. The van der Waals surface area contributed by atoms with Crippen molar-refractivity contribution in [2.75, 3.05) is 25.6 Å². The zero-order valence-corrected chi connectivity index (χ0v) is 14.7. The van der Waals surface area contributed by atoms with E-state index in [1.54, 1.807) is 37.4 Å². The Morgan fingerprint density at radius 2 is 1.92 bits per heavy atom. The number of methoxy groups -OCH3 is 1. The monoisotopic (exact) mass is 344 g/mol. The molecule has 6 heteroatoms. The second-order valence-corrected chi connectivity index (χ2v) is 5.56. The molecule has 134 valence electrons. The standard InChI is InChI=1S/C19H24N2O4/c1-4-25-18-11-13(2)5-10-16(18)21-19(23)20-12-17(22)14-6-8-15(24-3)9-7-14/h5-11,17,22H,4,12H2,1-3H3,(H2,20,21,23). The molecule has 1 unspecified atom stereocenters. The smallest absolute Gasteiger partial charge is 0.319 e. The Morgan fingerprint density at radius 1 is 1.20 bits per heavy atom. The van der Waals surface area contributed by atoms with Gasteiger partial charge in [0.25, 0.3) is 0 Å². The summed E-state index contributed by atoms with van der Waals surface area (Å²) < 4.78 is 10.6. The molecule has 2 aromatic rings. The molecule has 0 aromatic heterocycles. The number of carbonyl (C=O) groups is 1. The van der Waals surface area contributed by atoms with E-state index < -0.39 is 12.1 Å². The summed E-state index contributed by atoms with van der Waals surface area (Å²) in [6.45, 7) is 4.44. The SMILES string of the molecule is CCOc1cc(C)ccc1NC(=O)NCC(O)c1ccc(OC)cc1. The summed E-state index contributed by atoms with van der Waals surface area (Å²) in [6.07, 6.45) is -0.805. The highest BCUT2D eigenvalue weighted by molar-refractivity contribution is 5.91. The average Bonchev–Trinajstić information content (AvgIpc) is 2.62. The molecule has 0 radical (unpaired) electrons. The number of hydrogen-bond donors (Lipinski definition) is 3. The number of ether oxygens (including phenoxy) is 2. The maximum atomic E-state index is 12.1. The third-order valence-corrected chi connectivity index (χ3v) is 3.64. The lowest BCUT2D eigenvalue weighted by molar-refractivity contribution is 0.175. The van der Waals surface area contributed by atoms with Crippen molar-refractivity contribution in [3.63, 3.8) is 0 Å². The van der Waals surface area contributed by atoms with E-state index in [1.165, 1.54) is 0 Å². The van der Waals surface area contributed by atoms with Gasteiger partial charge in [0.1, 0.15) is 11.5 Å². The largest absolute Gasteiger partial charge is 0.497 e. The van der Waals surface area contributed by atoms with E-state index in [0.29, 0.717) is 29.4 Å². The highest BCUT2D eigenvalue weighted by Gasteiger charge is 2.12. The molecule has 0 saturated carbocycles. The predicted octanol–water partition coefficient (Wildman–Crippen LogP) is 3.26. The molecule has 0 heterocycles. The number of carbonyl (C=O) groups excluding carboxylic acids is 1. The topological polar surface area (TPSA) is 79.8 Å². The molecule has 0 spiro atoms. The molecule has 2 rings (SSSR count). The van der Waals surface area contributed by atoms with Crippen LogP contribution in [0.1, 0.15) is 24.2 Å². The molecule has 0 bridgehead atoms. The van der Waals surface area contributed by atoms with E-state index in [9.17, 15) is 9.90 Å². The van der Waals surface area contributed by atoms with Gasteiger partial charge in [-0.3, -0.25) is 0 Å². The summed E-state index contributed by atoms with van der Waals surface area (Å²) in [5, 5.41) is 15.6. The van der Waals surface area contributed by atoms with Crippen LogP contribution < -0.4 is 20.1 Å². The van der Waals surface area contributed by atoms with Gasteiger partial charge in [-0.05, 0) is 49.2 Å². The molecule has 6 nitrogen and oxygen atoms in total. The molecule has 3 N–H and O–H groups in total. The minimum atomic E-state index is -0.805. The zero-order valence-electron chi connectivity index (χ0n) is 14.7. The van der Waals surface area contributed by atoms with Gasteiger partial charge in [0.2, 0.25) is 0 Å². The lowest BCUT2D eigenvalue weighted by atomic mass is 10.1. The highest BCUT2D eigenvalue weighted by atomic mass is 16.5. The Morgan fingerprint density at radius 3 is 2.56 bits per heavy atom. The van der Waals surface area contributed by atoms with Crippen LogP contribution in [0.5, 0.6) is 11.5 Å². The van der Waals surface area contributed by atoms with E-state index in [0.717, 1.165) is 5.56 Å². The number of hydrogen-bond acceptors (Lipinski definition) is 4. The van der Waals surface area contributed by atoms with Crippen molar-refractivity contribution in [3.05, 3.63) is 53.6 Å². The number of aryl methyl sites for hydroxylation is 1. The van der Waals surface area contributed by atoms with Crippen molar-refractivity contribution in [1.29, 1.82) is 0 Å². The molecular weight excluding hydrogens is 320 g/mol. The Kier molecular flexibility index (Phi) is 6.65. The number of aliphatic hydroxyl groups is 1. The second-order valence-electron chi connectivity index (χ2n) is 5.56. The van der Waals surface area contributed by atoms with Gasteiger partial charge < -0.3 is 25.2 Å². The normalized spacial score (nSPS) is 11.5. The number of nitrogens with one attached hydrogen (secondary N) is 2. The molecule has 25 heavy (non-hydrogen) atoms. The van der Waals surface area contributed by atoms with E-state index in [2.05, 4.69) is 10.6 Å². The maximum absolute atomic E-state index is 12.1. The molecule has 2 aromatic carbocycles. The van der Waals surface area contributed by atoms with Gasteiger partial charge in [-0.2, -0.15) is 0 Å². The second kappa shape index (κ2) is 8.94. The summed E-state index contributed by atoms with van der Waals surface area (Å²) in [4.78, 5) is 12.1. The van der Waals surface area contributed by atoms with Gasteiger partial charge in [-0.1, -0.05) is 18.2 Å². The Balaban J connectivity index is 1.91. The fourth-order valence-electron chi connectivity index (χ4n) is 2.31. The quantitative estimate of drug-likeness (QED) is 0.720. The predicted molar refractivity (Wildman–Crippen MR) is 97.3 cm³/mol. The average molecular weight is 344 g/mol. The van der Waals surface area contributed by atoms with Crippen LogP contribution in [0.4, 0.5) is 10.5 Å². The Hall–Kier alpha value is -2.73. The fraction of sp³-hybridized carbons (Fsp3) is 0.316. The summed E-state index contributed by atoms with van der Waals surface area (Å²) in [7, 11) is 1.58. The van der Waals surface area contributed by atoms with Gasteiger partial charge in [-0.25, -0.2) is 4.79 Å². The molecule has 0 fully saturated rings. The van der Waals surface area contributed by atoms with Gasteiger partial charge >= 0.3 is 6.03 Å². The summed E-state index contributed by atoms with van der Waals surface area (Å²) in [6, 6.07) is 12.2. The first-order valence-corrected chi connectivity index (χ1v) is 8.13. The van der Waals surface area contributed by atoms with Crippen LogP contribution >= 0.6 is 0 Å². The molecule has 0 saturated heterocycles. The first-order chi connectivity index (χ1) is 12.0. The first kappa shape index (κ1) is 18.6. The minimum Gasteiger partial charge on any atom is -0.497 e. The number of rotatable bonds is 7. The molecule has 0 aliphatic heterocycles. The summed E-state index contributed by atoms with van der Waals surface area (Å²) in [5.41, 5.74) is 2.33. The van der Waals surface area contributed by atoms with Crippen LogP contribution in [0.3, 0.4) is 0 Å². The van der Waals surface area contributed by atoms with Crippen molar-refractivity contribution in [1.82, 2.24) is 5.32 Å². The van der Waals surface area contributed by atoms with Crippen LogP contribution in [0.2, 0.25) is 0 Å². The summed E-state index contributed by atoms with van der Waals surface area (Å²) in [5.74, 6) is 1.33. The van der Waals surface area contributed by atoms with Gasteiger partial charge in [0.15, 0.2) is 0 Å². The van der Waals surface area contributed by atoms with Crippen LogP contribution in [-0.4, -0.2) is 31.4 Å². The number of benzene rings is 2. The number of amides is 2. The molecule has 0 aliphatic rings.